The molecule has 2 spiro atoms. The molecule has 0 aromatic rings. The second kappa shape index (κ2) is 6.34. The third-order valence-electron chi connectivity index (χ3n) is 10.1. The minimum atomic E-state index is -0.490. The highest BCUT2D eigenvalue weighted by Gasteiger charge is 2.87. The fraction of sp³-hybridized carbons (Fsp3) is 0.840. The van der Waals surface area contributed by atoms with E-state index in [1.165, 1.54) is 19.4 Å². The summed E-state index contributed by atoms with van der Waals surface area (Å²) in [4.78, 5) is 23.4. The molecule has 0 bridgehead atoms. The van der Waals surface area contributed by atoms with Crippen LogP contribution in [0.2, 0.25) is 0 Å². The van der Waals surface area contributed by atoms with Crippen LogP contribution in [0.1, 0.15) is 72.6 Å². The number of fused-ring (bicyclic) bond motifs is 4. The highest BCUT2D eigenvalue weighted by atomic mass is 16.7. The average Bonchev–Trinajstić information content (AvgIpc) is 3.28. The summed E-state index contributed by atoms with van der Waals surface area (Å²) in [5.41, 5.74) is 1.19. The van der Waals surface area contributed by atoms with Crippen LogP contribution in [0.5, 0.6) is 0 Å². The van der Waals surface area contributed by atoms with E-state index < -0.39 is 6.29 Å². The maximum Gasteiger partial charge on any atom is 0.304 e. The smallest absolute Gasteiger partial charge is 0.304 e. The summed E-state index contributed by atoms with van der Waals surface area (Å²) < 4.78 is 24.0. The lowest BCUT2D eigenvalue weighted by Gasteiger charge is -2.58. The molecule has 4 aliphatic carbocycles. The first-order valence-electron chi connectivity index (χ1n) is 12.1. The van der Waals surface area contributed by atoms with E-state index in [1.54, 1.807) is 0 Å². The molecule has 0 aromatic heterocycles. The molecule has 31 heavy (non-hydrogen) atoms. The molecule has 5 fully saturated rings. The van der Waals surface area contributed by atoms with Gasteiger partial charge in [-0.3, -0.25) is 9.59 Å². The second-order valence-corrected chi connectivity index (χ2v) is 11.2. The summed E-state index contributed by atoms with van der Waals surface area (Å²) >= 11 is 0. The zero-order chi connectivity index (χ0) is 21.8. The van der Waals surface area contributed by atoms with E-state index in [2.05, 4.69) is 19.9 Å². The largest absolute Gasteiger partial charge is 0.462 e. The number of allylic oxidation sites excluding steroid dienone is 1. The molecular formula is C25H34O6. The first-order chi connectivity index (χ1) is 14.7. The molecule has 2 aliphatic heterocycles. The van der Waals surface area contributed by atoms with Gasteiger partial charge in [0.1, 0.15) is 11.7 Å². The maximum atomic E-state index is 11.9. The van der Waals surface area contributed by atoms with Crippen molar-refractivity contribution in [3.63, 3.8) is 0 Å². The van der Waals surface area contributed by atoms with Gasteiger partial charge in [0.15, 0.2) is 0 Å². The maximum absolute atomic E-state index is 11.9. The zero-order valence-electron chi connectivity index (χ0n) is 19.0. The summed E-state index contributed by atoms with van der Waals surface area (Å²) in [7, 11) is 0. The van der Waals surface area contributed by atoms with Crippen LogP contribution in [0.4, 0.5) is 0 Å². The van der Waals surface area contributed by atoms with Gasteiger partial charge < -0.3 is 18.9 Å². The van der Waals surface area contributed by atoms with E-state index in [0.717, 1.165) is 44.9 Å². The van der Waals surface area contributed by atoms with Gasteiger partial charge in [-0.1, -0.05) is 18.6 Å². The highest BCUT2D eigenvalue weighted by Crippen LogP contribution is 2.78. The lowest BCUT2D eigenvalue weighted by Crippen LogP contribution is -2.57. The van der Waals surface area contributed by atoms with Crippen LogP contribution in [-0.4, -0.2) is 42.1 Å². The highest BCUT2D eigenvalue weighted by molar-refractivity contribution is 5.66. The minimum absolute atomic E-state index is 0.0246. The molecule has 170 valence electrons. The van der Waals surface area contributed by atoms with Crippen LogP contribution >= 0.6 is 0 Å². The molecule has 0 aromatic carbocycles. The summed E-state index contributed by atoms with van der Waals surface area (Å²) in [5.74, 6) is 1.19. The first kappa shape index (κ1) is 20.2. The minimum Gasteiger partial charge on any atom is -0.462 e. The lowest BCUT2D eigenvalue weighted by molar-refractivity contribution is -0.212. The Labute approximate surface area is 184 Å². The molecule has 6 nitrogen and oxygen atoms in total. The molecule has 0 radical (unpaired) electrons. The fourth-order valence-electron chi connectivity index (χ4n) is 8.97. The van der Waals surface area contributed by atoms with Crippen molar-refractivity contribution in [2.24, 2.45) is 28.6 Å². The molecule has 6 rings (SSSR count). The molecule has 10 atom stereocenters. The molecule has 3 unspecified atom stereocenters. The Hall–Kier alpha value is -1.40. The molecule has 2 heterocycles. The van der Waals surface area contributed by atoms with E-state index in [0.29, 0.717) is 17.8 Å². The normalized spacial score (nSPS) is 53.8. The zero-order valence-corrected chi connectivity index (χ0v) is 19.0. The molecule has 2 saturated heterocycles. The summed E-state index contributed by atoms with van der Waals surface area (Å²) in [6, 6.07) is 0. The molecule has 3 saturated carbocycles. The third-order valence-corrected chi connectivity index (χ3v) is 10.1. The summed E-state index contributed by atoms with van der Waals surface area (Å²) in [6.07, 6.45) is 9.30. The predicted molar refractivity (Wildman–Crippen MR) is 111 cm³/mol. The van der Waals surface area contributed by atoms with Gasteiger partial charge in [0, 0.05) is 20.3 Å². The van der Waals surface area contributed by atoms with Crippen molar-refractivity contribution in [1.82, 2.24) is 0 Å². The molecule has 6 aliphatic rings. The number of rotatable bonds is 2. The molecule has 0 amide bonds. The van der Waals surface area contributed by atoms with Crippen LogP contribution in [0, 0.1) is 28.6 Å². The van der Waals surface area contributed by atoms with Crippen LogP contribution in [0.3, 0.4) is 0 Å². The van der Waals surface area contributed by atoms with E-state index >= 15 is 0 Å². The van der Waals surface area contributed by atoms with Gasteiger partial charge in [-0.15, -0.1) is 0 Å². The van der Waals surface area contributed by atoms with Crippen molar-refractivity contribution in [2.45, 2.75) is 103 Å². The third kappa shape index (κ3) is 2.41. The van der Waals surface area contributed by atoms with Gasteiger partial charge in [0.05, 0.1) is 17.6 Å². The monoisotopic (exact) mass is 430 g/mol. The van der Waals surface area contributed by atoms with Crippen LogP contribution in [0.25, 0.3) is 0 Å². The van der Waals surface area contributed by atoms with Gasteiger partial charge in [0.2, 0.25) is 6.29 Å². The SMILES string of the molecule is CC(=O)OC1OC(C)[C@@]23O[C@@H]2CC2[C@@H]4CC=C5C[C@@H](OC(C)=O)CC[C@]5(C)[C@H]4CC[C@@]123. The standard InChI is InChI=1S/C25H34O6/c1-13-25-21(31-25)12-20-18-6-5-16-11-17(29-14(2)26)7-9-23(16,4)19(18)8-10-24(20,25)22(28-13)30-15(3)27/h5,13,17-22H,6-12H2,1-4H3/t13?,17-,18+,19-,20?,21+,22?,23-,24-,25+/m0/s1. The number of carbonyl (C=O) groups is 2. The van der Waals surface area contributed by atoms with E-state index in [4.69, 9.17) is 18.9 Å². The van der Waals surface area contributed by atoms with E-state index in [9.17, 15) is 9.59 Å². The van der Waals surface area contributed by atoms with Crippen molar-refractivity contribution in [3.05, 3.63) is 11.6 Å². The Morgan fingerprint density at radius 2 is 1.87 bits per heavy atom. The van der Waals surface area contributed by atoms with Gasteiger partial charge in [-0.25, -0.2) is 0 Å². The predicted octanol–water partition coefficient (Wildman–Crippen LogP) is 3.92. The fourth-order valence-corrected chi connectivity index (χ4v) is 8.97. The van der Waals surface area contributed by atoms with E-state index in [-0.39, 0.29) is 46.7 Å². The van der Waals surface area contributed by atoms with Gasteiger partial charge in [0.25, 0.3) is 0 Å². The first-order valence-corrected chi connectivity index (χ1v) is 12.1. The van der Waals surface area contributed by atoms with Crippen molar-refractivity contribution in [1.29, 1.82) is 0 Å². The number of epoxide rings is 1. The quantitative estimate of drug-likeness (QED) is 0.376. The Kier molecular flexibility index (Phi) is 4.14. The van der Waals surface area contributed by atoms with Crippen molar-refractivity contribution in [3.8, 4) is 0 Å². The Morgan fingerprint density at radius 1 is 1.10 bits per heavy atom. The number of hydrogen-bond donors (Lipinski definition) is 0. The Balaban J connectivity index is 1.33. The van der Waals surface area contributed by atoms with E-state index in [1.807, 2.05) is 0 Å². The number of carbonyl (C=O) groups excluding carboxylic acids is 2. The number of hydrogen-bond acceptors (Lipinski definition) is 6. The topological polar surface area (TPSA) is 74.4 Å². The van der Waals surface area contributed by atoms with Crippen LogP contribution in [0.15, 0.2) is 11.6 Å². The van der Waals surface area contributed by atoms with Crippen molar-refractivity contribution >= 4 is 11.9 Å². The van der Waals surface area contributed by atoms with Crippen LogP contribution in [-0.2, 0) is 28.5 Å². The van der Waals surface area contributed by atoms with Crippen LogP contribution < -0.4 is 0 Å². The van der Waals surface area contributed by atoms with Gasteiger partial charge >= 0.3 is 11.9 Å². The Bertz CT molecular complexity index is 866. The average molecular weight is 431 g/mol. The molecule has 0 N–H and O–H groups in total. The van der Waals surface area contributed by atoms with Crippen molar-refractivity contribution < 1.29 is 28.5 Å². The summed E-state index contributed by atoms with van der Waals surface area (Å²) in [5, 5.41) is 0. The van der Waals surface area contributed by atoms with Gasteiger partial charge in [-0.05, 0) is 68.6 Å². The Morgan fingerprint density at radius 3 is 2.61 bits per heavy atom. The van der Waals surface area contributed by atoms with Gasteiger partial charge in [-0.2, -0.15) is 0 Å². The molecular weight excluding hydrogens is 396 g/mol. The number of esters is 2. The van der Waals surface area contributed by atoms with Crippen molar-refractivity contribution in [2.75, 3.05) is 0 Å². The molecule has 6 heteroatoms. The summed E-state index contributed by atoms with van der Waals surface area (Å²) in [6.45, 7) is 7.52. The number of ether oxygens (including phenoxy) is 4. The lowest BCUT2D eigenvalue weighted by atomic mass is 9.46. The second-order valence-electron chi connectivity index (χ2n) is 11.2.